The Kier molecular flexibility index (Phi) is 8.39. The molecule has 0 saturated carbocycles. The van der Waals surface area contributed by atoms with Crippen molar-refractivity contribution in [3.8, 4) is 17.2 Å². The molecule has 7 heteroatoms. The highest BCUT2D eigenvalue weighted by molar-refractivity contribution is 7.07. The molecule has 0 aliphatic carbocycles. The van der Waals surface area contributed by atoms with Crippen LogP contribution in [0.5, 0.6) is 17.2 Å². The molecule has 3 rings (SSSR count). The highest BCUT2D eigenvalue weighted by Crippen LogP contribution is 2.24. The number of hydrogen-bond donors (Lipinski definition) is 1. The Morgan fingerprint density at radius 1 is 0.963 bits per heavy atom. The van der Waals surface area contributed by atoms with Crippen molar-refractivity contribution in [1.29, 1.82) is 0 Å². The van der Waals surface area contributed by atoms with Crippen molar-refractivity contribution in [3.05, 3.63) is 70.2 Å². The summed E-state index contributed by atoms with van der Waals surface area (Å²) in [7, 11) is 3.34. The van der Waals surface area contributed by atoms with Crippen molar-refractivity contribution in [1.82, 2.24) is 10.3 Å². The molecule has 0 spiro atoms. The average Bonchev–Trinajstić information content (AvgIpc) is 3.21. The number of rotatable bonds is 9. The van der Waals surface area contributed by atoms with E-state index in [0.717, 1.165) is 35.1 Å². The van der Waals surface area contributed by atoms with Gasteiger partial charge < -0.3 is 19.5 Å². The molecule has 0 aliphatic rings. The summed E-state index contributed by atoms with van der Waals surface area (Å²) in [5, 5.41) is 5.42. The minimum atomic E-state index is 0. The van der Waals surface area contributed by atoms with E-state index in [9.17, 15) is 0 Å². The number of halogens is 1. The van der Waals surface area contributed by atoms with Crippen LogP contribution in [0.3, 0.4) is 0 Å². The number of benzene rings is 2. The molecule has 3 aromatic rings. The number of ether oxygens (including phenoxy) is 3. The first kappa shape index (κ1) is 21.0. The SMILES string of the molecule is COc1ccc(OC)c(CNCc2ccc(OCc3cscn3)cc2)c1.Cl. The first-order chi connectivity index (χ1) is 12.8. The van der Waals surface area contributed by atoms with E-state index in [0.29, 0.717) is 13.2 Å². The molecular weight excluding hydrogens is 384 g/mol. The Morgan fingerprint density at radius 3 is 2.41 bits per heavy atom. The number of aromatic nitrogens is 1. The summed E-state index contributed by atoms with van der Waals surface area (Å²) in [4.78, 5) is 4.21. The van der Waals surface area contributed by atoms with Crippen molar-refractivity contribution in [2.45, 2.75) is 19.7 Å². The maximum Gasteiger partial charge on any atom is 0.131 e. The van der Waals surface area contributed by atoms with Crippen LogP contribution >= 0.6 is 23.7 Å². The molecule has 2 aromatic carbocycles. The van der Waals surface area contributed by atoms with Gasteiger partial charge in [0.05, 0.1) is 25.4 Å². The third-order valence-electron chi connectivity index (χ3n) is 3.93. The maximum absolute atomic E-state index is 5.73. The van der Waals surface area contributed by atoms with Crippen molar-refractivity contribution < 1.29 is 14.2 Å². The smallest absolute Gasteiger partial charge is 0.131 e. The topological polar surface area (TPSA) is 52.6 Å². The van der Waals surface area contributed by atoms with Crippen molar-refractivity contribution >= 4 is 23.7 Å². The van der Waals surface area contributed by atoms with Gasteiger partial charge in [0, 0.05) is 24.0 Å². The molecule has 0 radical (unpaired) electrons. The largest absolute Gasteiger partial charge is 0.497 e. The maximum atomic E-state index is 5.73. The summed E-state index contributed by atoms with van der Waals surface area (Å²) in [5.74, 6) is 2.52. The first-order valence-corrected chi connectivity index (χ1v) is 9.23. The van der Waals surface area contributed by atoms with E-state index in [1.165, 1.54) is 5.56 Å². The molecule has 1 aromatic heterocycles. The number of methoxy groups -OCH3 is 2. The van der Waals surface area contributed by atoms with Crippen molar-refractivity contribution in [2.75, 3.05) is 14.2 Å². The Morgan fingerprint density at radius 2 is 1.74 bits per heavy atom. The van der Waals surface area contributed by atoms with E-state index in [1.54, 1.807) is 25.6 Å². The standard InChI is InChI=1S/C20H22N2O3S.ClH/c1-23-19-7-8-20(24-2)16(9-19)11-21-10-15-3-5-18(6-4-15)25-12-17-13-26-14-22-17;/h3-9,13-14,21H,10-12H2,1-2H3;1H. The van der Waals surface area contributed by atoms with Gasteiger partial charge in [-0.2, -0.15) is 0 Å². The molecule has 0 bridgehead atoms. The Hall–Kier alpha value is -2.28. The van der Waals surface area contributed by atoms with E-state index in [4.69, 9.17) is 14.2 Å². The Bertz CT molecular complexity index is 811. The Balaban J connectivity index is 0.00000261. The fourth-order valence-corrected chi connectivity index (χ4v) is 3.07. The van der Waals surface area contributed by atoms with Crippen LogP contribution in [0.25, 0.3) is 0 Å². The first-order valence-electron chi connectivity index (χ1n) is 8.29. The number of nitrogens with zero attached hydrogens (tertiary/aromatic N) is 1. The third-order valence-corrected chi connectivity index (χ3v) is 4.56. The van der Waals surface area contributed by atoms with Gasteiger partial charge in [-0.1, -0.05) is 12.1 Å². The highest BCUT2D eigenvalue weighted by atomic mass is 35.5. The number of hydrogen-bond acceptors (Lipinski definition) is 6. The lowest BCUT2D eigenvalue weighted by Gasteiger charge is -2.12. The molecule has 0 fully saturated rings. The highest BCUT2D eigenvalue weighted by Gasteiger charge is 2.05. The quantitative estimate of drug-likeness (QED) is 0.569. The molecule has 1 heterocycles. The van der Waals surface area contributed by atoms with Crippen LogP contribution in [0, 0.1) is 0 Å². The minimum absolute atomic E-state index is 0. The van der Waals surface area contributed by atoms with E-state index < -0.39 is 0 Å². The normalized spacial score (nSPS) is 10.1. The number of thiazole rings is 1. The van der Waals surface area contributed by atoms with Gasteiger partial charge in [0.2, 0.25) is 0 Å². The molecule has 5 nitrogen and oxygen atoms in total. The van der Waals surface area contributed by atoms with Crippen LogP contribution in [-0.2, 0) is 19.7 Å². The zero-order valence-corrected chi connectivity index (χ0v) is 16.9. The van der Waals surface area contributed by atoms with E-state index in [1.807, 2.05) is 41.2 Å². The molecule has 0 unspecified atom stereocenters. The van der Waals surface area contributed by atoms with Gasteiger partial charge in [-0.05, 0) is 35.9 Å². The molecule has 0 aliphatic heterocycles. The molecule has 0 saturated heterocycles. The van der Waals surface area contributed by atoms with Gasteiger partial charge in [0.25, 0.3) is 0 Å². The predicted molar refractivity (Wildman–Crippen MR) is 110 cm³/mol. The zero-order chi connectivity index (χ0) is 18.2. The molecule has 27 heavy (non-hydrogen) atoms. The van der Waals surface area contributed by atoms with E-state index in [2.05, 4.69) is 22.4 Å². The lowest BCUT2D eigenvalue weighted by molar-refractivity contribution is 0.302. The fraction of sp³-hybridized carbons (Fsp3) is 0.250. The average molecular weight is 407 g/mol. The zero-order valence-electron chi connectivity index (χ0n) is 15.3. The second-order valence-corrected chi connectivity index (χ2v) is 6.41. The summed E-state index contributed by atoms with van der Waals surface area (Å²) in [6.45, 7) is 1.95. The van der Waals surface area contributed by atoms with Crippen molar-refractivity contribution in [2.24, 2.45) is 0 Å². The van der Waals surface area contributed by atoms with Gasteiger partial charge in [-0.25, -0.2) is 4.98 Å². The lowest BCUT2D eigenvalue weighted by Crippen LogP contribution is -2.13. The van der Waals surface area contributed by atoms with E-state index >= 15 is 0 Å². The lowest BCUT2D eigenvalue weighted by atomic mass is 10.1. The van der Waals surface area contributed by atoms with Gasteiger partial charge in [-0.15, -0.1) is 23.7 Å². The molecular formula is C20H23ClN2O3S. The summed E-state index contributed by atoms with van der Waals surface area (Å²) >= 11 is 1.57. The molecule has 144 valence electrons. The fourth-order valence-electron chi connectivity index (χ4n) is 2.53. The monoisotopic (exact) mass is 406 g/mol. The Labute approximate surface area is 169 Å². The summed E-state index contributed by atoms with van der Waals surface area (Å²) < 4.78 is 16.4. The van der Waals surface area contributed by atoms with Gasteiger partial charge >= 0.3 is 0 Å². The molecule has 0 amide bonds. The third kappa shape index (κ3) is 6.13. The predicted octanol–water partition coefficient (Wildman–Crippen LogP) is 4.45. The summed E-state index contributed by atoms with van der Waals surface area (Å²) in [6.07, 6.45) is 0. The van der Waals surface area contributed by atoms with Crippen LogP contribution < -0.4 is 19.5 Å². The van der Waals surface area contributed by atoms with Gasteiger partial charge in [-0.3, -0.25) is 0 Å². The van der Waals surface area contributed by atoms with Crippen LogP contribution in [-0.4, -0.2) is 19.2 Å². The minimum Gasteiger partial charge on any atom is -0.497 e. The van der Waals surface area contributed by atoms with Gasteiger partial charge in [0.15, 0.2) is 0 Å². The summed E-state index contributed by atoms with van der Waals surface area (Å²) in [5.41, 5.74) is 5.01. The van der Waals surface area contributed by atoms with E-state index in [-0.39, 0.29) is 12.4 Å². The summed E-state index contributed by atoms with van der Waals surface area (Å²) in [6, 6.07) is 13.9. The number of nitrogens with one attached hydrogen (secondary N) is 1. The van der Waals surface area contributed by atoms with Crippen LogP contribution in [0.4, 0.5) is 0 Å². The van der Waals surface area contributed by atoms with Gasteiger partial charge in [0.1, 0.15) is 23.9 Å². The van der Waals surface area contributed by atoms with Crippen molar-refractivity contribution in [3.63, 3.8) is 0 Å². The molecule has 1 N–H and O–H groups in total. The van der Waals surface area contributed by atoms with Crippen LogP contribution in [0.1, 0.15) is 16.8 Å². The van der Waals surface area contributed by atoms with Crippen LogP contribution in [0.2, 0.25) is 0 Å². The second kappa shape index (κ2) is 10.8. The second-order valence-electron chi connectivity index (χ2n) is 5.69. The van der Waals surface area contributed by atoms with Crippen LogP contribution in [0.15, 0.2) is 53.4 Å². The molecule has 0 atom stereocenters.